The molecular weight excluding hydrogens is 568 g/mol. The normalized spacial score (nSPS) is 26.1. The largest absolute Gasteiger partial charge is 0.355 e. The highest BCUT2D eigenvalue weighted by Gasteiger charge is 2.21. The van der Waals surface area contributed by atoms with E-state index in [4.69, 9.17) is 20.0 Å². The maximum atomic E-state index is 4.92. The lowest BCUT2D eigenvalue weighted by Gasteiger charge is -2.08. The van der Waals surface area contributed by atoms with E-state index in [9.17, 15) is 0 Å². The van der Waals surface area contributed by atoms with Crippen LogP contribution in [0.3, 0.4) is 0 Å². The SMILES string of the molecule is C1=CC2N=C1/C=c1/cc/c([nH]1)=C\C1=NC(=C/c3ccc([nH]3)-c3ccc([nH]3)/C=C3/C=CC(=N3)/C=c3\cc/c([nH]3)=C\C3=NC2C=C3)/C=C1. The van der Waals surface area contributed by atoms with Gasteiger partial charge >= 0.3 is 0 Å². The Morgan fingerprint density at radius 2 is 0.826 bits per heavy atom. The molecule has 8 heteroatoms. The Labute approximate surface area is 263 Å². The van der Waals surface area contributed by atoms with E-state index >= 15 is 0 Å². The van der Waals surface area contributed by atoms with Crippen molar-refractivity contribution in [1.29, 1.82) is 0 Å². The van der Waals surface area contributed by atoms with E-state index in [2.05, 4.69) is 105 Å². The fourth-order valence-corrected chi connectivity index (χ4v) is 6.03. The topological polar surface area (TPSA) is 113 Å². The third kappa shape index (κ3) is 5.33. The van der Waals surface area contributed by atoms with Gasteiger partial charge in [0.15, 0.2) is 0 Å². The Kier molecular flexibility index (Phi) is 6.09. The number of fused-ring (bicyclic) bond motifs is 14. The maximum Gasteiger partial charge on any atom is 0.0950 e. The number of nitrogens with one attached hydrogen (secondary N) is 4. The van der Waals surface area contributed by atoms with Gasteiger partial charge in [-0.25, -0.2) is 9.98 Å². The van der Waals surface area contributed by atoms with Crippen molar-refractivity contribution in [2.75, 3.05) is 0 Å². The summed E-state index contributed by atoms with van der Waals surface area (Å²) in [5.74, 6) is 0. The number of aromatic nitrogens is 4. The van der Waals surface area contributed by atoms with Gasteiger partial charge in [0.25, 0.3) is 0 Å². The van der Waals surface area contributed by atoms with E-state index in [-0.39, 0.29) is 12.1 Å². The average molecular weight is 597 g/mol. The monoisotopic (exact) mass is 596 g/mol. The Hall–Kier alpha value is -6.28. The average Bonchev–Trinajstić information content (AvgIpc) is 3.88. The zero-order valence-corrected chi connectivity index (χ0v) is 24.6. The van der Waals surface area contributed by atoms with Gasteiger partial charge in [-0.1, -0.05) is 12.2 Å². The van der Waals surface area contributed by atoms with Crippen LogP contribution in [0.15, 0.2) is 129 Å². The van der Waals surface area contributed by atoms with Gasteiger partial charge in [-0.05, 0) is 121 Å². The Balaban J connectivity index is 1.08. The predicted octanol–water partition coefficient (Wildman–Crippen LogP) is 3.66. The second-order valence-electron chi connectivity index (χ2n) is 11.7. The summed E-state index contributed by atoms with van der Waals surface area (Å²) in [6, 6.07) is 16.5. The molecule has 0 spiro atoms. The summed E-state index contributed by atoms with van der Waals surface area (Å²) in [6.07, 6.45) is 28.8. The summed E-state index contributed by atoms with van der Waals surface area (Å²) in [7, 11) is 0. The first-order valence-electron chi connectivity index (χ1n) is 15.3. The van der Waals surface area contributed by atoms with E-state index in [1.165, 1.54) is 0 Å². The number of rotatable bonds is 0. The van der Waals surface area contributed by atoms with Crippen molar-refractivity contribution >= 4 is 59.3 Å². The van der Waals surface area contributed by atoms with Gasteiger partial charge in [0, 0.05) is 32.8 Å². The molecular formula is C38H28N8. The Morgan fingerprint density at radius 1 is 0.391 bits per heavy atom. The molecule has 0 saturated carbocycles. The van der Waals surface area contributed by atoms with Crippen LogP contribution in [0.4, 0.5) is 0 Å². The summed E-state index contributed by atoms with van der Waals surface area (Å²) in [6.45, 7) is 0. The predicted molar refractivity (Wildman–Crippen MR) is 188 cm³/mol. The number of aromatic amines is 4. The lowest BCUT2D eigenvalue weighted by molar-refractivity contribution is 0.729. The van der Waals surface area contributed by atoms with Gasteiger partial charge in [-0.2, -0.15) is 0 Å². The molecule has 2 atom stereocenters. The molecule has 46 heavy (non-hydrogen) atoms. The van der Waals surface area contributed by atoms with Crippen LogP contribution in [0, 0.1) is 0 Å². The number of nitrogens with zero attached hydrogens (tertiary/aromatic N) is 4. The number of hydrogen-bond donors (Lipinski definition) is 4. The van der Waals surface area contributed by atoms with Crippen LogP contribution in [0.1, 0.15) is 11.4 Å². The maximum absolute atomic E-state index is 4.92. The quantitative estimate of drug-likeness (QED) is 0.238. The summed E-state index contributed by atoms with van der Waals surface area (Å²) in [5, 5.41) is 3.95. The number of allylic oxidation sites excluding steroid dienone is 6. The standard InChI is InChI=1S/C38H28N8/c1-5-27-19-31-9-13-35(43-31)36-14-11-33(45-36)21-29-7-3-25(41-29)18-26-4-8-30(42-26)22-34-12-16-38(46-34)37-15-10-32(44-37)20-28-6-2-24(40-28)17-23(1)39-27/h1-22,35-36,39,41,44,46H/b23-17+,25-18+,27-19-,28-20+,29-21+,30-22-. The molecule has 4 aromatic rings. The Morgan fingerprint density at radius 3 is 1.28 bits per heavy atom. The van der Waals surface area contributed by atoms with Crippen molar-refractivity contribution in [1.82, 2.24) is 19.9 Å². The fourth-order valence-electron chi connectivity index (χ4n) is 6.03. The van der Waals surface area contributed by atoms with Crippen molar-refractivity contribution in [3.63, 3.8) is 0 Å². The molecule has 2 unspecified atom stereocenters. The van der Waals surface area contributed by atoms with Crippen LogP contribution < -0.4 is 21.4 Å². The van der Waals surface area contributed by atoms with Gasteiger partial charge in [0.2, 0.25) is 0 Å². The molecule has 9 rings (SSSR count). The molecule has 0 fully saturated rings. The minimum absolute atomic E-state index is 0.0202. The minimum Gasteiger partial charge on any atom is -0.355 e. The third-order valence-corrected chi connectivity index (χ3v) is 8.23. The Bertz CT molecular complexity index is 2310. The van der Waals surface area contributed by atoms with Crippen molar-refractivity contribution in [3.05, 3.63) is 141 Å². The summed E-state index contributed by atoms with van der Waals surface area (Å²) in [5.41, 5.74) is 9.40. The van der Waals surface area contributed by atoms with E-state index in [1.807, 2.05) is 48.6 Å². The summed E-state index contributed by atoms with van der Waals surface area (Å²) in [4.78, 5) is 33.4. The summed E-state index contributed by atoms with van der Waals surface area (Å²) < 4.78 is 0. The van der Waals surface area contributed by atoms with Gasteiger partial charge in [0.05, 0.1) is 57.7 Å². The van der Waals surface area contributed by atoms with Crippen LogP contribution >= 0.6 is 0 Å². The van der Waals surface area contributed by atoms with Crippen molar-refractivity contribution in [3.8, 4) is 11.4 Å². The van der Waals surface area contributed by atoms with Gasteiger partial charge in [-0.15, -0.1) is 0 Å². The van der Waals surface area contributed by atoms with E-state index in [0.717, 1.165) is 78.4 Å². The zero-order valence-electron chi connectivity index (χ0n) is 24.6. The highest BCUT2D eigenvalue weighted by Crippen LogP contribution is 2.23. The zero-order chi connectivity index (χ0) is 30.5. The van der Waals surface area contributed by atoms with Crippen LogP contribution in [0.2, 0.25) is 0 Å². The van der Waals surface area contributed by atoms with Crippen LogP contribution in [0.25, 0.3) is 47.8 Å². The van der Waals surface area contributed by atoms with Crippen LogP contribution in [-0.2, 0) is 0 Å². The molecule has 4 aromatic heterocycles. The lowest BCUT2D eigenvalue weighted by atomic mass is 10.1. The van der Waals surface area contributed by atoms with Crippen LogP contribution in [-0.4, -0.2) is 54.9 Å². The molecule has 0 saturated heterocycles. The van der Waals surface area contributed by atoms with Crippen molar-refractivity contribution in [2.24, 2.45) is 20.0 Å². The molecule has 16 bridgehead atoms. The number of aliphatic imine (C=N–C) groups is 4. The number of H-pyrrole nitrogens is 4. The van der Waals surface area contributed by atoms with E-state index in [1.54, 1.807) is 0 Å². The minimum atomic E-state index is -0.0202. The second-order valence-corrected chi connectivity index (χ2v) is 11.7. The first kappa shape index (κ1) is 26.2. The smallest absolute Gasteiger partial charge is 0.0950 e. The molecule has 5 aliphatic heterocycles. The van der Waals surface area contributed by atoms with Crippen molar-refractivity contribution < 1.29 is 0 Å². The highest BCUT2D eigenvalue weighted by atomic mass is 14.9. The van der Waals surface area contributed by atoms with Gasteiger partial charge in [0.1, 0.15) is 0 Å². The molecule has 0 aromatic carbocycles. The molecule has 5 aliphatic rings. The first-order chi connectivity index (χ1) is 22.6. The number of hydrogen-bond acceptors (Lipinski definition) is 4. The van der Waals surface area contributed by atoms with E-state index in [0.29, 0.717) is 0 Å². The summed E-state index contributed by atoms with van der Waals surface area (Å²) >= 11 is 0. The van der Waals surface area contributed by atoms with Crippen molar-refractivity contribution in [2.45, 2.75) is 12.1 Å². The van der Waals surface area contributed by atoms with Gasteiger partial charge < -0.3 is 19.9 Å². The molecule has 9 heterocycles. The molecule has 220 valence electrons. The molecule has 0 radical (unpaired) electrons. The molecule has 0 amide bonds. The third-order valence-electron chi connectivity index (χ3n) is 8.23. The lowest BCUT2D eigenvalue weighted by Crippen LogP contribution is -2.16. The van der Waals surface area contributed by atoms with Gasteiger partial charge in [-0.3, -0.25) is 9.98 Å². The molecule has 4 N–H and O–H groups in total. The highest BCUT2D eigenvalue weighted by molar-refractivity contribution is 6.21. The second kappa shape index (κ2) is 10.7. The van der Waals surface area contributed by atoms with E-state index < -0.39 is 0 Å². The first-order valence-corrected chi connectivity index (χ1v) is 15.3. The van der Waals surface area contributed by atoms with Crippen LogP contribution in [0.5, 0.6) is 0 Å². The fraction of sp³-hybridized carbons (Fsp3) is 0.0526. The molecule has 0 aliphatic carbocycles. The molecule has 8 nitrogen and oxygen atoms in total.